The number of epoxide rings is 1. The number of H-pyrrole nitrogens is 1. The second kappa shape index (κ2) is 2.94. The van der Waals surface area contributed by atoms with Crippen LogP contribution in [0.3, 0.4) is 0 Å². The van der Waals surface area contributed by atoms with Gasteiger partial charge in [0.25, 0.3) is 0 Å². The first-order valence-corrected chi connectivity index (χ1v) is 3.75. The van der Waals surface area contributed by atoms with Gasteiger partial charge in [0.05, 0.1) is 12.7 Å². The molecule has 0 aliphatic carbocycles. The normalized spacial score (nSPS) is 20.5. The van der Waals surface area contributed by atoms with Crippen LogP contribution in [-0.4, -0.2) is 29.2 Å². The van der Waals surface area contributed by atoms with Crippen molar-refractivity contribution >= 4 is 5.82 Å². The molecule has 2 N–H and O–H groups in total. The molecule has 64 valence electrons. The monoisotopic (exact) mass is 167 g/mol. The van der Waals surface area contributed by atoms with Gasteiger partial charge in [0.1, 0.15) is 5.82 Å². The van der Waals surface area contributed by atoms with Crippen molar-refractivity contribution in [3.05, 3.63) is 22.7 Å². The Labute approximate surface area is 68.8 Å². The number of hydrogen-bond acceptors (Lipinski definition) is 4. The van der Waals surface area contributed by atoms with Crippen molar-refractivity contribution in [3.63, 3.8) is 0 Å². The fraction of sp³-hybridized carbons (Fsp3) is 0.429. The van der Waals surface area contributed by atoms with E-state index >= 15 is 0 Å². The van der Waals surface area contributed by atoms with E-state index in [0.29, 0.717) is 11.9 Å². The summed E-state index contributed by atoms with van der Waals surface area (Å²) in [4.78, 5) is 16.8. The van der Waals surface area contributed by atoms with Crippen molar-refractivity contribution in [2.75, 3.05) is 18.5 Å². The van der Waals surface area contributed by atoms with Gasteiger partial charge in [-0.25, -0.2) is 9.78 Å². The Morgan fingerprint density at radius 3 is 3.33 bits per heavy atom. The molecule has 1 saturated heterocycles. The standard InChI is InChI=1S/C7H9N3O2/c11-7-8-2-1-6(10-7)9-3-5-4-12-5/h1-2,5H,3-4H2,(H2,8,9,10,11)/t5-/m0/s1. The quantitative estimate of drug-likeness (QED) is 0.600. The van der Waals surface area contributed by atoms with E-state index in [-0.39, 0.29) is 5.69 Å². The zero-order valence-corrected chi connectivity index (χ0v) is 6.41. The molecule has 0 radical (unpaired) electrons. The molecule has 0 spiro atoms. The lowest BCUT2D eigenvalue weighted by Gasteiger charge is -2.01. The molecular formula is C7H9N3O2. The summed E-state index contributed by atoms with van der Waals surface area (Å²) in [6, 6.07) is 1.71. The van der Waals surface area contributed by atoms with Crippen molar-refractivity contribution in [1.82, 2.24) is 9.97 Å². The summed E-state index contributed by atoms with van der Waals surface area (Å²) in [6.45, 7) is 1.54. The Bertz CT molecular complexity index is 318. The highest BCUT2D eigenvalue weighted by atomic mass is 16.6. The molecule has 5 heteroatoms. The molecule has 1 aromatic rings. The molecule has 0 amide bonds. The molecule has 0 saturated carbocycles. The van der Waals surface area contributed by atoms with Crippen molar-refractivity contribution < 1.29 is 4.74 Å². The molecular weight excluding hydrogens is 158 g/mol. The minimum Gasteiger partial charge on any atom is -0.371 e. The predicted octanol–water partition coefficient (Wildman–Crippen LogP) is -0.419. The Hall–Kier alpha value is -1.36. The van der Waals surface area contributed by atoms with Crippen LogP contribution in [0.5, 0.6) is 0 Å². The van der Waals surface area contributed by atoms with Crippen LogP contribution in [0, 0.1) is 0 Å². The summed E-state index contributed by atoms with van der Waals surface area (Å²) in [5.74, 6) is 0.686. The molecule has 1 fully saturated rings. The second-order valence-electron chi connectivity index (χ2n) is 2.62. The van der Waals surface area contributed by atoms with Crippen molar-refractivity contribution in [2.45, 2.75) is 6.10 Å². The SMILES string of the molecule is O=c1nccc(NC[C@H]2CO2)[nH]1. The van der Waals surface area contributed by atoms with Gasteiger partial charge in [-0.2, -0.15) is 0 Å². The fourth-order valence-electron chi connectivity index (χ4n) is 0.881. The third kappa shape index (κ3) is 1.82. The Kier molecular flexibility index (Phi) is 1.79. The first-order valence-electron chi connectivity index (χ1n) is 3.75. The third-order valence-corrected chi connectivity index (χ3v) is 1.60. The molecule has 2 heterocycles. The molecule has 1 atom stereocenters. The van der Waals surface area contributed by atoms with E-state index in [9.17, 15) is 4.79 Å². The van der Waals surface area contributed by atoms with Gasteiger partial charge >= 0.3 is 5.69 Å². The average Bonchev–Trinajstić information content (AvgIpc) is 2.84. The molecule has 0 bridgehead atoms. The lowest BCUT2D eigenvalue weighted by molar-refractivity contribution is 0.416. The number of nitrogens with one attached hydrogen (secondary N) is 2. The maximum atomic E-state index is 10.7. The summed E-state index contributed by atoms with van der Waals surface area (Å²) in [5, 5.41) is 3.03. The fourth-order valence-corrected chi connectivity index (χ4v) is 0.881. The van der Waals surface area contributed by atoms with Gasteiger partial charge in [-0.3, -0.25) is 4.98 Å². The summed E-state index contributed by atoms with van der Waals surface area (Å²) in [6.07, 6.45) is 1.77. The van der Waals surface area contributed by atoms with Crippen LogP contribution in [0.25, 0.3) is 0 Å². The minimum absolute atomic E-state index is 0.307. The first kappa shape index (κ1) is 7.30. The van der Waals surface area contributed by atoms with Crippen molar-refractivity contribution in [3.8, 4) is 0 Å². The number of aromatic amines is 1. The molecule has 0 unspecified atom stereocenters. The van der Waals surface area contributed by atoms with Gasteiger partial charge in [-0.15, -0.1) is 0 Å². The van der Waals surface area contributed by atoms with Crippen LogP contribution in [0.15, 0.2) is 17.1 Å². The van der Waals surface area contributed by atoms with Gasteiger partial charge in [0, 0.05) is 12.7 Å². The van der Waals surface area contributed by atoms with E-state index < -0.39 is 0 Å². The number of ether oxygens (including phenoxy) is 1. The lowest BCUT2D eigenvalue weighted by atomic mass is 10.4. The summed E-state index contributed by atoms with van der Waals surface area (Å²) < 4.78 is 4.99. The van der Waals surface area contributed by atoms with Gasteiger partial charge < -0.3 is 10.1 Å². The molecule has 0 aromatic carbocycles. The number of rotatable bonds is 3. The second-order valence-corrected chi connectivity index (χ2v) is 2.62. The van der Waals surface area contributed by atoms with E-state index in [1.807, 2.05) is 0 Å². The Morgan fingerprint density at radius 2 is 2.67 bits per heavy atom. The van der Waals surface area contributed by atoms with E-state index in [1.54, 1.807) is 6.07 Å². The molecule has 1 aliphatic rings. The molecule has 1 aromatic heterocycles. The van der Waals surface area contributed by atoms with Gasteiger partial charge in [-0.05, 0) is 6.07 Å². The zero-order chi connectivity index (χ0) is 8.39. The lowest BCUT2D eigenvalue weighted by Crippen LogP contribution is -2.15. The third-order valence-electron chi connectivity index (χ3n) is 1.60. The highest BCUT2D eigenvalue weighted by Gasteiger charge is 2.21. The summed E-state index contributed by atoms with van der Waals surface area (Å²) in [5.41, 5.74) is -0.336. The van der Waals surface area contributed by atoms with Crippen molar-refractivity contribution in [1.29, 1.82) is 0 Å². The first-order chi connectivity index (χ1) is 5.84. The van der Waals surface area contributed by atoms with Crippen LogP contribution in [0.1, 0.15) is 0 Å². The number of nitrogens with zero attached hydrogens (tertiary/aromatic N) is 1. The van der Waals surface area contributed by atoms with Gasteiger partial charge in [0.15, 0.2) is 0 Å². The van der Waals surface area contributed by atoms with Crippen LogP contribution >= 0.6 is 0 Å². The maximum absolute atomic E-state index is 10.7. The smallest absolute Gasteiger partial charge is 0.346 e. The average molecular weight is 167 g/mol. The van der Waals surface area contributed by atoms with Crippen LogP contribution in [0.4, 0.5) is 5.82 Å². The highest BCUT2D eigenvalue weighted by molar-refractivity contribution is 5.31. The van der Waals surface area contributed by atoms with E-state index in [1.165, 1.54) is 6.20 Å². The molecule has 1 aliphatic heterocycles. The number of anilines is 1. The van der Waals surface area contributed by atoms with Gasteiger partial charge in [-0.1, -0.05) is 0 Å². The van der Waals surface area contributed by atoms with Crippen LogP contribution in [0.2, 0.25) is 0 Å². The summed E-state index contributed by atoms with van der Waals surface area (Å²) >= 11 is 0. The zero-order valence-electron chi connectivity index (χ0n) is 6.41. The van der Waals surface area contributed by atoms with Gasteiger partial charge in [0.2, 0.25) is 0 Å². The minimum atomic E-state index is -0.336. The van der Waals surface area contributed by atoms with Crippen LogP contribution in [-0.2, 0) is 4.74 Å². The predicted molar refractivity (Wildman–Crippen MR) is 43.1 cm³/mol. The highest BCUT2D eigenvalue weighted by Crippen LogP contribution is 2.08. The van der Waals surface area contributed by atoms with E-state index in [4.69, 9.17) is 4.74 Å². The van der Waals surface area contributed by atoms with E-state index in [0.717, 1.165) is 13.2 Å². The largest absolute Gasteiger partial charge is 0.371 e. The summed E-state index contributed by atoms with van der Waals surface area (Å²) in [7, 11) is 0. The number of aromatic nitrogens is 2. The molecule has 12 heavy (non-hydrogen) atoms. The van der Waals surface area contributed by atoms with E-state index in [2.05, 4.69) is 15.3 Å². The number of hydrogen-bond donors (Lipinski definition) is 2. The van der Waals surface area contributed by atoms with Crippen molar-refractivity contribution in [2.24, 2.45) is 0 Å². The van der Waals surface area contributed by atoms with Crippen LogP contribution < -0.4 is 11.0 Å². The molecule has 5 nitrogen and oxygen atoms in total. The maximum Gasteiger partial charge on any atom is 0.346 e. The Balaban J connectivity index is 1.97. The molecule has 2 rings (SSSR count). The topological polar surface area (TPSA) is 70.3 Å². The Morgan fingerprint density at radius 1 is 1.83 bits per heavy atom.